The van der Waals surface area contributed by atoms with Crippen LogP contribution in [0.25, 0.3) is 0 Å². The Bertz CT molecular complexity index is 901. The normalized spacial score (nSPS) is 37.2. The van der Waals surface area contributed by atoms with Gasteiger partial charge in [0.15, 0.2) is 8.32 Å². The third-order valence-corrected chi connectivity index (χ3v) is 10.6. The van der Waals surface area contributed by atoms with Gasteiger partial charge in [0.25, 0.3) is 0 Å². The SMILES string of the molecule is CC(=O)OCC[C@@H](O[Si](C)(C)C)C1=CC[C@@H]2[C@H]3CC=C4C[C@@H](OC(C)=O)CC[C@]4(C)[C@@H]3CC[C@]12C. The van der Waals surface area contributed by atoms with Crippen molar-refractivity contribution in [3.63, 3.8) is 0 Å². The van der Waals surface area contributed by atoms with Crippen LogP contribution in [0, 0.1) is 28.6 Å². The molecule has 0 spiro atoms. The van der Waals surface area contributed by atoms with E-state index < -0.39 is 8.32 Å². The molecule has 2 fully saturated rings. The van der Waals surface area contributed by atoms with Gasteiger partial charge < -0.3 is 13.9 Å². The minimum atomic E-state index is -1.77. The number of allylic oxidation sites excluding steroid dienone is 2. The Kier molecular flexibility index (Phi) is 7.47. The molecule has 5 nitrogen and oxygen atoms in total. The lowest BCUT2D eigenvalue weighted by Gasteiger charge is -2.58. The Morgan fingerprint density at radius 3 is 2.37 bits per heavy atom. The molecule has 7 atom stereocenters. The van der Waals surface area contributed by atoms with Crippen LogP contribution in [0.3, 0.4) is 0 Å². The molecule has 0 saturated heterocycles. The first kappa shape index (κ1) is 26.7. The summed E-state index contributed by atoms with van der Waals surface area (Å²) in [5, 5.41) is 0. The highest BCUT2D eigenvalue weighted by atomic mass is 28.4. The van der Waals surface area contributed by atoms with Gasteiger partial charge in [0, 0.05) is 26.7 Å². The molecular formula is C29H46O5Si. The lowest BCUT2D eigenvalue weighted by Crippen LogP contribution is -2.51. The Morgan fingerprint density at radius 2 is 1.71 bits per heavy atom. The standard InChI is InChI=1S/C29H46O5Si/c1-19(30)32-17-14-27(34-35(5,6)7)26-11-10-24-23-9-8-21-18-22(33-20(2)31)12-15-28(21,3)25(23)13-16-29(24,26)4/h8,11,22-25,27H,9-10,12-18H2,1-7H3/t22-,23+,24+,25+,27+,28-,29-/m0/s1. The Labute approximate surface area is 213 Å². The fourth-order valence-corrected chi connectivity index (χ4v) is 9.18. The highest BCUT2D eigenvalue weighted by molar-refractivity contribution is 6.69. The largest absolute Gasteiger partial charge is 0.466 e. The third-order valence-electron chi connectivity index (χ3n) is 9.56. The predicted octanol–water partition coefficient (Wildman–Crippen LogP) is 6.59. The summed E-state index contributed by atoms with van der Waals surface area (Å²) in [5.74, 6) is 1.64. The van der Waals surface area contributed by atoms with Crippen molar-refractivity contribution in [3.8, 4) is 0 Å². The first-order chi connectivity index (χ1) is 16.3. The monoisotopic (exact) mass is 502 g/mol. The number of ether oxygens (including phenoxy) is 2. The molecule has 0 aromatic carbocycles. The highest BCUT2D eigenvalue weighted by Crippen LogP contribution is 2.65. The number of carbonyl (C=O) groups excluding carboxylic acids is 2. The molecule has 4 rings (SSSR count). The topological polar surface area (TPSA) is 61.8 Å². The molecule has 0 radical (unpaired) electrons. The molecule has 4 aliphatic rings. The van der Waals surface area contributed by atoms with E-state index in [0.29, 0.717) is 24.4 Å². The predicted molar refractivity (Wildman–Crippen MR) is 140 cm³/mol. The molecule has 0 aromatic rings. The lowest BCUT2D eigenvalue weighted by molar-refractivity contribution is -0.148. The van der Waals surface area contributed by atoms with Gasteiger partial charge in [-0.05, 0) is 92.3 Å². The van der Waals surface area contributed by atoms with Crippen LogP contribution in [0.2, 0.25) is 19.6 Å². The van der Waals surface area contributed by atoms with Crippen LogP contribution in [-0.4, -0.2) is 39.1 Å². The van der Waals surface area contributed by atoms with Crippen LogP contribution < -0.4 is 0 Å². The molecule has 0 bridgehead atoms. The van der Waals surface area contributed by atoms with Gasteiger partial charge in [-0.1, -0.05) is 31.6 Å². The van der Waals surface area contributed by atoms with E-state index in [4.69, 9.17) is 13.9 Å². The third kappa shape index (κ3) is 5.34. The van der Waals surface area contributed by atoms with Gasteiger partial charge >= 0.3 is 11.9 Å². The summed E-state index contributed by atoms with van der Waals surface area (Å²) in [4.78, 5) is 22.9. The number of fused-ring (bicyclic) bond motifs is 5. The lowest BCUT2D eigenvalue weighted by atomic mass is 9.47. The Balaban J connectivity index is 1.53. The van der Waals surface area contributed by atoms with Crippen LogP contribution >= 0.6 is 0 Å². The Morgan fingerprint density at radius 1 is 1.00 bits per heavy atom. The summed E-state index contributed by atoms with van der Waals surface area (Å²) >= 11 is 0. The number of carbonyl (C=O) groups is 2. The summed E-state index contributed by atoms with van der Waals surface area (Å²) in [7, 11) is -1.77. The molecule has 35 heavy (non-hydrogen) atoms. The van der Waals surface area contributed by atoms with Crippen molar-refractivity contribution in [2.75, 3.05) is 6.61 Å². The average molecular weight is 503 g/mol. The number of hydrogen-bond donors (Lipinski definition) is 0. The summed E-state index contributed by atoms with van der Waals surface area (Å²) in [6.07, 6.45) is 13.5. The van der Waals surface area contributed by atoms with Crippen LogP contribution in [-0.2, 0) is 23.5 Å². The maximum Gasteiger partial charge on any atom is 0.302 e. The molecule has 0 unspecified atom stereocenters. The quantitative estimate of drug-likeness (QED) is 0.223. The van der Waals surface area contributed by atoms with E-state index in [1.807, 2.05) is 0 Å². The van der Waals surface area contributed by atoms with E-state index in [1.165, 1.54) is 37.8 Å². The number of rotatable bonds is 7. The number of hydrogen-bond acceptors (Lipinski definition) is 5. The second-order valence-electron chi connectivity index (χ2n) is 12.9. The van der Waals surface area contributed by atoms with Crippen LogP contribution in [0.4, 0.5) is 0 Å². The first-order valence-electron chi connectivity index (χ1n) is 13.7. The summed E-state index contributed by atoms with van der Waals surface area (Å²) < 4.78 is 17.7. The average Bonchev–Trinajstić information content (AvgIpc) is 3.09. The van der Waals surface area contributed by atoms with Crippen molar-refractivity contribution >= 4 is 20.3 Å². The molecule has 196 valence electrons. The second kappa shape index (κ2) is 9.81. The fraction of sp³-hybridized carbons (Fsp3) is 0.793. The van der Waals surface area contributed by atoms with E-state index in [2.05, 4.69) is 45.6 Å². The molecule has 0 aromatic heterocycles. The minimum Gasteiger partial charge on any atom is -0.466 e. The van der Waals surface area contributed by atoms with E-state index in [9.17, 15) is 9.59 Å². The van der Waals surface area contributed by atoms with E-state index in [0.717, 1.165) is 38.5 Å². The molecule has 0 amide bonds. The van der Waals surface area contributed by atoms with Gasteiger partial charge in [-0.25, -0.2) is 0 Å². The van der Waals surface area contributed by atoms with Crippen LogP contribution in [0.5, 0.6) is 0 Å². The van der Waals surface area contributed by atoms with Gasteiger partial charge in [-0.3, -0.25) is 9.59 Å². The fourth-order valence-electron chi connectivity index (χ4n) is 8.08. The molecule has 4 aliphatic carbocycles. The maximum absolute atomic E-state index is 11.5. The van der Waals surface area contributed by atoms with Gasteiger partial charge in [0.2, 0.25) is 0 Å². The van der Waals surface area contributed by atoms with Crippen molar-refractivity contribution in [2.24, 2.45) is 28.6 Å². The summed E-state index contributed by atoms with van der Waals surface area (Å²) in [5.41, 5.74) is 3.38. The van der Waals surface area contributed by atoms with Gasteiger partial charge in [0.1, 0.15) is 6.10 Å². The zero-order chi connectivity index (χ0) is 25.6. The number of esters is 2. The summed E-state index contributed by atoms with van der Waals surface area (Å²) in [6.45, 7) is 15.1. The van der Waals surface area contributed by atoms with E-state index >= 15 is 0 Å². The maximum atomic E-state index is 11.5. The van der Waals surface area contributed by atoms with Crippen molar-refractivity contribution in [2.45, 2.75) is 111 Å². The molecule has 6 heteroatoms. The van der Waals surface area contributed by atoms with E-state index in [1.54, 1.807) is 0 Å². The van der Waals surface area contributed by atoms with Crippen molar-refractivity contribution in [3.05, 3.63) is 23.3 Å². The summed E-state index contributed by atoms with van der Waals surface area (Å²) in [6, 6.07) is 0. The molecule has 2 saturated carbocycles. The van der Waals surface area contributed by atoms with Crippen LogP contribution in [0.1, 0.15) is 79.1 Å². The van der Waals surface area contributed by atoms with E-state index in [-0.39, 0.29) is 35.0 Å². The zero-order valence-electron chi connectivity index (χ0n) is 22.9. The molecule has 0 aliphatic heterocycles. The van der Waals surface area contributed by atoms with Gasteiger partial charge in [0.05, 0.1) is 12.7 Å². The van der Waals surface area contributed by atoms with Crippen molar-refractivity contribution in [1.82, 2.24) is 0 Å². The highest BCUT2D eigenvalue weighted by Gasteiger charge is 2.57. The smallest absolute Gasteiger partial charge is 0.302 e. The minimum absolute atomic E-state index is 0.0389. The molecule has 0 N–H and O–H groups in total. The van der Waals surface area contributed by atoms with Gasteiger partial charge in [-0.15, -0.1) is 0 Å². The van der Waals surface area contributed by atoms with Crippen molar-refractivity contribution in [1.29, 1.82) is 0 Å². The Hall–Kier alpha value is -1.40. The zero-order valence-corrected chi connectivity index (χ0v) is 23.9. The second-order valence-corrected chi connectivity index (χ2v) is 17.4. The first-order valence-corrected chi connectivity index (χ1v) is 17.1. The molecular weight excluding hydrogens is 456 g/mol. The van der Waals surface area contributed by atoms with Crippen molar-refractivity contribution < 1.29 is 23.5 Å². The molecule has 0 heterocycles. The van der Waals surface area contributed by atoms with Gasteiger partial charge in [-0.2, -0.15) is 0 Å². The van der Waals surface area contributed by atoms with Crippen LogP contribution in [0.15, 0.2) is 23.3 Å².